The number of likely N-dealkylation sites (N-methyl/N-ethyl adjacent to an activating group) is 1. The van der Waals surface area contributed by atoms with Crippen LogP contribution in [0.2, 0.25) is 0 Å². The number of nitrogens with one attached hydrogen (secondary N) is 1. The third-order valence-electron chi connectivity index (χ3n) is 2.76. The SMILES string of the molecule is CN(CC(=O)NC1CC1)C(=O)c1ccc(I)cc1. The van der Waals surface area contributed by atoms with E-state index in [2.05, 4.69) is 27.9 Å². The van der Waals surface area contributed by atoms with Crippen LogP contribution in [-0.2, 0) is 4.79 Å². The molecule has 0 atom stereocenters. The summed E-state index contributed by atoms with van der Waals surface area (Å²) in [6.45, 7) is 0.112. The van der Waals surface area contributed by atoms with E-state index in [-0.39, 0.29) is 18.4 Å². The molecule has 18 heavy (non-hydrogen) atoms. The first-order valence-electron chi connectivity index (χ1n) is 5.86. The first kappa shape index (κ1) is 13.3. The second kappa shape index (κ2) is 5.69. The molecule has 2 amide bonds. The van der Waals surface area contributed by atoms with Crippen LogP contribution in [0, 0.1) is 3.57 Å². The van der Waals surface area contributed by atoms with Crippen molar-refractivity contribution in [1.29, 1.82) is 0 Å². The van der Waals surface area contributed by atoms with Gasteiger partial charge < -0.3 is 10.2 Å². The first-order valence-corrected chi connectivity index (χ1v) is 6.94. The van der Waals surface area contributed by atoms with Crippen LogP contribution in [0.4, 0.5) is 0 Å². The normalized spacial score (nSPS) is 14.1. The second-order valence-corrected chi connectivity index (χ2v) is 5.76. The van der Waals surface area contributed by atoms with Crippen LogP contribution in [-0.4, -0.2) is 36.3 Å². The standard InChI is InChI=1S/C13H15IN2O2/c1-16(8-12(17)15-11-6-7-11)13(18)9-2-4-10(14)5-3-9/h2-5,11H,6-8H2,1H3,(H,15,17). The summed E-state index contributed by atoms with van der Waals surface area (Å²) in [5, 5.41) is 2.87. The summed E-state index contributed by atoms with van der Waals surface area (Å²) in [6.07, 6.45) is 2.11. The average Bonchev–Trinajstić information content (AvgIpc) is 3.12. The number of hydrogen-bond acceptors (Lipinski definition) is 2. The number of amides is 2. The van der Waals surface area contributed by atoms with Crippen molar-refractivity contribution >= 4 is 34.4 Å². The number of halogens is 1. The van der Waals surface area contributed by atoms with E-state index >= 15 is 0 Å². The van der Waals surface area contributed by atoms with Crippen LogP contribution < -0.4 is 5.32 Å². The molecule has 0 radical (unpaired) electrons. The minimum atomic E-state index is -0.127. The highest BCUT2D eigenvalue weighted by Crippen LogP contribution is 2.18. The van der Waals surface area contributed by atoms with Crippen LogP contribution in [0.15, 0.2) is 24.3 Å². The van der Waals surface area contributed by atoms with Crippen molar-refractivity contribution in [3.8, 4) is 0 Å². The quantitative estimate of drug-likeness (QED) is 0.832. The van der Waals surface area contributed by atoms with Crippen molar-refractivity contribution in [2.45, 2.75) is 18.9 Å². The highest BCUT2D eigenvalue weighted by Gasteiger charge is 2.24. The summed E-state index contributed by atoms with van der Waals surface area (Å²) in [5.41, 5.74) is 0.608. The largest absolute Gasteiger partial charge is 0.352 e. The fourth-order valence-electron chi connectivity index (χ4n) is 1.60. The molecule has 2 rings (SSSR count). The summed E-state index contributed by atoms with van der Waals surface area (Å²) >= 11 is 2.19. The van der Waals surface area contributed by atoms with E-state index < -0.39 is 0 Å². The van der Waals surface area contributed by atoms with E-state index in [0.29, 0.717) is 11.6 Å². The van der Waals surface area contributed by atoms with Crippen LogP contribution in [0.25, 0.3) is 0 Å². The number of nitrogens with zero attached hydrogens (tertiary/aromatic N) is 1. The molecule has 1 aromatic carbocycles. The number of benzene rings is 1. The lowest BCUT2D eigenvalue weighted by Gasteiger charge is -2.16. The van der Waals surface area contributed by atoms with Crippen LogP contribution in [0.1, 0.15) is 23.2 Å². The zero-order chi connectivity index (χ0) is 13.1. The molecule has 0 bridgehead atoms. The molecule has 0 saturated heterocycles. The molecule has 0 aliphatic heterocycles. The van der Waals surface area contributed by atoms with E-state index in [1.165, 1.54) is 4.90 Å². The Morgan fingerprint density at radius 2 is 1.94 bits per heavy atom. The molecule has 0 aromatic heterocycles. The first-order chi connectivity index (χ1) is 8.56. The average molecular weight is 358 g/mol. The lowest BCUT2D eigenvalue weighted by atomic mass is 10.2. The molecule has 5 heteroatoms. The third kappa shape index (κ3) is 3.69. The molecular formula is C13H15IN2O2. The van der Waals surface area contributed by atoms with Crippen molar-refractivity contribution in [1.82, 2.24) is 10.2 Å². The Kier molecular flexibility index (Phi) is 4.21. The van der Waals surface area contributed by atoms with Gasteiger partial charge in [0.05, 0.1) is 6.54 Å². The molecule has 4 nitrogen and oxygen atoms in total. The number of rotatable bonds is 4. The zero-order valence-corrected chi connectivity index (χ0v) is 12.3. The Bertz CT molecular complexity index is 455. The van der Waals surface area contributed by atoms with Gasteiger partial charge in [0.2, 0.25) is 5.91 Å². The molecule has 1 N–H and O–H groups in total. The van der Waals surface area contributed by atoms with Gasteiger partial charge in [0.25, 0.3) is 5.91 Å². The Labute approximate surface area is 120 Å². The molecule has 1 aromatic rings. The van der Waals surface area contributed by atoms with Crippen LogP contribution >= 0.6 is 22.6 Å². The minimum absolute atomic E-state index is 0.0844. The number of carbonyl (C=O) groups is 2. The van der Waals surface area contributed by atoms with E-state index in [4.69, 9.17) is 0 Å². The fraction of sp³-hybridized carbons (Fsp3) is 0.385. The maximum absolute atomic E-state index is 12.0. The van der Waals surface area contributed by atoms with Gasteiger partial charge in [-0.15, -0.1) is 0 Å². The molecule has 1 saturated carbocycles. The zero-order valence-electron chi connectivity index (χ0n) is 10.1. The topological polar surface area (TPSA) is 49.4 Å². The van der Waals surface area contributed by atoms with Crippen molar-refractivity contribution in [2.24, 2.45) is 0 Å². The maximum Gasteiger partial charge on any atom is 0.254 e. The van der Waals surface area contributed by atoms with Gasteiger partial charge in [-0.1, -0.05) is 0 Å². The van der Waals surface area contributed by atoms with Crippen molar-refractivity contribution in [3.05, 3.63) is 33.4 Å². The summed E-state index contributed by atoms with van der Waals surface area (Å²) in [7, 11) is 1.65. The van der Waals surface area contributed by atoms with Crippen LogP contribution in [0.5, 0.6) is 0 Å². The fourth-order valence-corrected chi connectivity index (χ4v) is 1.96. The summed E-state index contributed by atoms with van der Waals surface area (Å²) in [4.78, 5) is 25.1. The lowest BCUT2D eigenvalue weighted by molar-refractivity contribution is -0.121. The molecule has 0 unspecified atom stereocenters. The Morgan fingerprint density at radius 3 is 2.50 bits per heavy atom. The van der Waals surface area contributed by atoms with E-state index in [0.717, 1.165) is 16.4 Å². The molecule has 1 fully saturated rings. The molecule has 0 heterocycles. The van der Waals surface area contributed by atoms with Gasteiger partial charge in [-0.3, -0.25) is 9.59 Å². The molecule has 1 aliphatic carbocycles. The Hall–Kier alpha value is -1.11. The Morgan fingerprint density at radius 1 is 1.33 bits per heavy atom. The number of hydrogen-bond donors (Lipinski definition) is 1. The predicted molar refractivity (Wildman–Crippen MR) is 77.3 cm³/mol. The highest BCUT2D eigenvalue weighted by atomic mass is 127. The van der Waals surface area contributed by atoms with Crippen molar-refractivity contribution < 1.29 is 9.59 Å². The highest BCUT2D eigenvalue weighted by molar-refractivity contribution is 14.1. The predicted octanol–water partition coefficient (Wildman–Crippen LogP) is 1.64. The molecule has 0 spiro atoms. The van der Waals surface area contributed by atoms with Gasteiger partial charge in [0, 0.05) is 22.2 Å². The van der Waals surface area contributed by atoms with Gasteiger partial charge in [-0.05, 0) is 59.7 Å². The van der Waals surface area contributed by atoms with E-state index in [9.17, 15) is 9.59 Å². The van der Waals surface area contributed by atoms with E-state index in [1.54, 1.807) is 19.2 Å². The van der Waals surface area contributed by atoms with Gasteiger partial charge in [0.1, 0.15) is 0 Å². The molecule has 1 aliphatic rings. The maximum atomic E-state index is 12.0. The van der Waals surface area contributed by atoms with Crippen molar-refractivity contribution in [2.75, 3.05) is 13.6 Å². The van der Waals surface area contributed by atoms with E-state index in [1.807, 2.05) is 12.1 Å². The smallest absolute Gasteiger partial charge is 0.254 e. The lowest BCUT2D eigenvalue weighted by Crippen LogP contribution is -2.39. The summed E-state index contributed by atoms with van der Waals surface area (Å²) in [6, 6.07) is 7.65. The Balaban J connectivity index is 1.90. The summed E-state index contributed by atoms with van der Waals surface area (Å²) < 4.78 is 1.08. The minimum Gasteiger partial charge on any atom is -0.352 e. The number of carbonyl (C=O) groups excluding carboxylic acids is 2. The third-order valence-corrected chi connectivity index (χ3v) is 3.48. The van der Waals surface area contributed by atoms with Gasteiger partial charge in [-0.2, -0.15) is 0 Å². The van der Waals surface area contributed by atoms with Gasteiger partial charge in [-0.25, -0.2) is 0 Å². The molecule has 96 valence electrons. The van der Waals surface area contributed by atoms with Gasteiger partial charge >= 0.3 is 0 Å². The second-order valence-electron chi connectivity index (χ2n) is 4.51. The molecular weight excluding hydrogens is 343 g/mol. The van der Waals surface area contributed by atoms with Crippen molar-refractivity contribution in [3.63, 3.8) is 0 Å². The van der Waals surface area contributed by atoms with Gasteiger partial charge in [0.15, 0.2) is 0 Å². The summed E-state index contributed by atoms with van der Waals surface area (Å²) in [5.74, 6) is -0.212. The monoisotopic (exact) mass is 358 g/mol. The van der Waals surface area contributed by atoms with Crippen LogP contribution in [0.3, 0.4) is 0 Å².